The third-order valence-corrected chi connectivity index (χ3v) is 12.7. The zero-order chi connectivity index (χ0) is 48.6. The predicted octanol–water partition coefficient (Wildman–Crippen LogP) is 9.48. The summed E-state index contributed by atoms with van der Waals surface area (Å²) >= 11 is 0. The minimum atomic E-state index is -1.54. The molecule has 2 amide bonds. The Balaban J connectivity index is 1.52. The zero-order valence-corrected chi connectivity index (χ0v) is 39.1. The minimum Gasteiger partial charge on any atom is -0.497 e. The summed E-state index contributed by atoms with van der Waals surface area (Å²) in [5.74, 6) is -1.13. The molecule has 0 bridgehead atoms. The number of methoxy groups -OCH3 is 2. The van der Waals surface area contributed by atoms with Gasteiger partial charge in [0.1, 0.15) is 35.6 Å². The van der Waals surface area contributed by atoms with E-state index in [2.05, 4.69) is 24.6 Å². The summed E-state index contributed by atoms with van der Waals surface area (Å²) in [4.78, 5) is 46.6. The van der Waals surface area contributed by atoms with Gasteiger partial charge in [0.05, 0.1) is 49.7 Å². The Morgan fingerprint density at radius 1 is 0.985 bits per heavy atom. The summed E-state index contributed by atoms with van der Waals surface area (Å²) in [5, 5.41) is 38.9. The Morgan fingerprint density at radius 3 is 2.41 bits per heavy atom. The highest BCUT2D eigenvalue weighted by Crippen LogP contribution is 2.62. The molecule has 3 N–H and O–H groups in total. The van der Waals surface area contributed by atoms with Gasteiger partial charge in [-0.1, -0.05) is 43.1 Å². The van der Waals surface area contributed by atoms with Crippen LogP contribution in [0.1, 0.15) is 81.8 Å². The number of nitrogens with one attached hydrogen (secondary N) is 1. The molecule has 0 radical (unpaired) electrons. The number of nitrogens with zero attached hydrogens (tertiary/aromatic N) is 3. The van der Waals surface area contributed by atoms with Gasteiger partial charge in [-0.25, -0.2) is 9.59 Å². The number of aliphatic hydroxyl groups excluding tert-OH is 2. The van der Waals surface area contributed by atoms with Crippen molar-refractivity contribution in [2.45, 2.75) is 89.1 Å². The Labute approximate surface area is 397 Å². The second-order valence-electron chi connectivity index (χ2n) is 16.9. The number of amides is 2. The smallest absolute Gasteiger partial charge is 0.417 e. The van der Waals surface area contributed by atoms with Crippen LogP contribution in [0.15, 0.2) is 103 Å². The summed E-state index contributed by atoms with van der Waals surface area (Å²) < 4.78 is 36.9. The van der Waals surface area contributed by atoms with Gasteiger partial charge in [-0.3, -0.25) is 20.3 Å². The maximum absolute atomic E-state index is 14.4. The molecule has 3 aliphatic rings. The number of aliphatic hydroxyl groups is 2. The Kier molecular flexibility index (Phi) is 18.4. The van der Waals surface area contributed by atoms with Gasteiger partial charge in [-0.05, 0) is 104 Å². The van der Waals surface area contributed by atoms with E-state index in [1.165, 1.54) is 26.4 Å². The topological polar surface area (TPSA) is 210 Å². The van der Waals surface area contributed by atoms with E-state index in [0.29, 0.717) is 79.2 Å². The zero-order valence-electron chi connectivity index (χ0n) is 39.1. The van der Waals surface area contributed by atoms with Gasteiger partial charge in [0, 0.05) is 55.9 Å². The highest BCUT2D eigenvalue weighted by molar-refractivity contribution is 6.03. The maximum Gasteiger partial charge on any atom is 0.417 e. The molecule has 6 rings (SSSR count). The number of hydrogen-bond acceptors (Lipinski definition) is 14. The summed E-state index contributed by atoms with van der Waals surface area (Å²) in [7, 11) is 3.02. The normalized spacial score (nSPS) is 21.8. The molecule has 3 aromatic carbocycles. The van der Waals surface area contributed by atoms with Crippen LogP contribution in [0, 0.1) is 27.9 Å². The molecule has 0 aromatic heterocycles. The monoisotopic (exact) mass is 940 g/mol. The number of ether oxygens (including phenoxy) is 6. The number of fused-ring (bicyclic) bond motifs is 2. The van der Waals surface area contributed by atoms with Gasteiger partial charge < -0.3 is 43.5 Å². The van der Waals surface area contributed by atoms with Crippen molar-refractivity contribution >= 4 is 29.3 Å². The second kappa shape index (κ2) is 24.5. The maximum atomic E-state index is 14.4. The lowest BCUT2D eigenvalue weighted by Crippen LogP contribution is -2.70. The number of allylic oxidation sites excluding steroid dienone is 1. The van der Waals surface area contributed by atoms with Gasteiger partial charge in [-0.2, -0.15) is 0 Å². The molecule has 3 aromatic rings. The number of nitro benzene ring substituents is 1. The average Bonchev–Trinajstić information content (AvgIpc) is 3.34. The summed E-state index contributed by atoms with van der Waals surface area (Å²) in [6, 6.07) is 15.4. The number of rotatable bonds is 25. The molecule has 68 heavy (non-hydrogen) atoms. The lowest BCUT2D eigenvalue weighted by Gasteiger charge is -2.59. The Hall–Kier alpha value is -6.43. The summed E-state index contributed by atoms with van der Waals surface area (Å²) in [6.45, 7) is 10.2. The van der Waals surface area contributed by atoms with Crippen molar-refractivity contribution in [3.63, 3.8) is 0 Å². The van der Waals surface area contributed by atoms with Crippen molar-refractivity contribution in [3.8, 4) is 23.0 Å². The molecule has 1 saturated carbocycles. The van der Waals surface area contributed by atoms with Crippen LogP contribution in [0.2, 0.25) is 0 Å². The largest absolute Gasteiger partial charge is 0.497 e. The first-order valence-corrected chi connectivity index (χ1v) is 23.2. The average molecular weight is 941 g/mol. The van der Waals surface area contributed by atoms with Crippen molar-refractivity contribution in [1.29, 1.82) is 0 Å². The number of anilines is 1. The third-order valence-electron chi connectivity index (χ3n) is 12.7. The van der Waals surface area contributed by atoms with E-state index >= 15 is 0 Å². The Bertz CT molecular complexity index is 2280. The molecular formula is C51H64N4O13. The van der Waals surface area contributed by atoms with Gasteiger partial charge in [0.15, 0.2) is 0 Å². The van der Waals surface area contributed by atoms with Crippen LogP contribution in [-0.2, 0) is 20.9 Å². The van der Waals surface area contributed by atoms with E-state index in [-0.39, 0.29) is 69.3 Å². The lowest BCUT2D eigenvalue weighted by molar-refractivity contribution is -0.384. The van der Waals surface area contributed by atoms with Crippen LogP contribution in [0.3, 0.4) is 0 Å². The molecule has 17 nitrogen and oxygen atoms in total. The molecule has 0 spiro atoms. The fraction of sp³-hybridized carbons (Fsp3) is 0.471. The Morgan fingerprint density at radius 2 is 1.74 bits per heavy atom. The number of carbonyl (C=O) groups excluding carboxylic acids is 2. The number of benzene rings is 3. The number of carbonyl (C=O) groups is 2. The standard InChI is InChI=1S/C51H64N4O13/c1-6-9-28-64-50(59)54(24-7-2)46-32-43(53-66-33-34-16-18-36(19-17-34)55(60)61)40-29-35(14-10-12-25-56)39(15-11-13-26-57)47-41-30-38(21-23-44(41)68-51(46,48(40)47)65-27-8-3)67-49(58)52-42-22-20-37(62-4)31-45(42)63-5/h6,8,16-23,29-31,35,39,46-48,56-57H,1,3,7,9-15,24-28,32-33H2,2,4-5H3,(H,52,58)/t35-,39+,46-,47+,48+,51+/m0/s1. The summed E-state index contributed by atoms with van der Waals surface area (Å²) in [5.41, 5.74) is 3.07. The molecular weight excluding hydrogens is 877 g/mol. The van der Waals surface area contributed by atoms with Crippen LogP contribution in [0.5, 0.6) is 23.0 Å². The van der Waals surface area contributed by atoms with Crippen LogP contribution in [-0.4, -0.2) is 97.0 Å². The number of unbranched alkanes of at least 4 members (excludes halogenated alkanes) is 2. The molecule has 2 aliphatic carbocycles. The van der Waals surface area contributed by atoms with E-state index in [0.717, 1.165) is 17.6 Å². The molecule has 1 aliphatic heterocycles. The fourth-order valence-corrected chi connectivity index (χ4v) is 9.68. The number of nitro groups is 1. The van der Waals surface area contributed by atoms with Gasteiger partial charge >= 0.3 is 12.2 Å². The predicted molar refractivity (Wildman–Crippen MR) is 255 cm³/mol. The highest BCUT2D eigenvalue weighted by Gasteiger charge is 2.65. The number of oxime groups is 1. The van der Waals surface area contributed by atoms with E-state index in [9.17, 15) is 29.9 Å². The lowest BCUT2D eigenvalue weighted by atomic mass is 9.55. The quantitative estimate of drug-likeness (QED) is 0.0313. The molecule has 0 saturated heterocycles. The fourth-order valence-electron chi connectivity index (χ4n) is 9.68. The van der Waals surface area contributed by atoms with Gasteiger partial charge in [0.2, 0.25) is 5.79 Å². The molecule has 1 fully saturated rings. The number of non-ortho nitro benzene ring substituents is 1. The first-order chi connectivity index (χ1) is 33.0. The number of hydrogen-bond donors (Lipinski definition) is 3. The third kappa shape index (κ3) is 11.8. The van der Waals surface area contributed by atoms with Gasteiger partial charge in [0.25, 0.3) is 5.69 Å². The van der Waals surface area contributed by atoms with Crippen LogP contribution in [0.25, 0.3) is 0 Å². The van der Waals surface area contributed by atoms with Crippen molar-refractivity contribution in [2.75, 3.05) is 52.5 Å². The van der Waals surface area contributed by atoms with E-state index < -0.39 is 40.8 Å². The molecule has 0 unspecified atom stereocenters. The summed E-state index contributed by atoms with van der Waals surface area (Å²) in [6.07, 6.45) is 9.35. The van der Waals surface area contributed by atoms with E-state index in [1.807, 2.05) is 13.0 Å². The van der Waals surface area contributed by atoms with E-state index in [4.69, 9.17) is 38.4 Å². The van der Waals surface area contributed by atoms with Crippen LogP contribution < -0.4 is 24.3 Å². The first-order valence-electron chi connectivity index (χ1n) is 23.2. The SMILES string of the molecule is C=CCCOC(=O)N(CCC)[C@H]1CC(=NOCc2ccc([N+](=O)[O-])cc2)C2=C[C@H](CCCCO)[C@@H](CCCCO)[C@@H]3c4cc(OC(=O)Nc5ccc(OC)cc5OC)ccc4O[C@@]1(OCC=C)[C@H]23. The molecule has 1 heterocycles. The van der Waals surface area contributed by atoms with Gasteiger partial charge in [-0.15, -0.1) is 13.2 Å². The van der Waals surface area contributed by atoms with Crippen LogP contribution >= 0.6 is 0 Å². The van der Waals surface area contributed by atoms with Crippen molar-refractivity contribution in [2.24, 2.45) is 22.9 Å². The van der Waals surface area contributed by atoms with Crippen molar-refractivity contribution in [1.82, 2.24) is 4.90 Å². The van der Waals surface area contributed by atoms with Crippen molar-refractivity contribution < 1.29 is 58.0 Å². The molecule has 6 atom stereocenters. The van der Waals surface area contributed by atoms with Crippen LogP contribution in [0.4, 0.5) is 21.0 Å². The molecule has 366 valence electrons. The molecule has 17 heteroatoms. The first kappa shape index (κ1) is 51.0. The highest BCUT2D eigenvalue weighted by atomic mass is 16.7. The van der Waals surface area contributed by atoms with Crippen molar-refractivity contribution in [3.05, 3.63) is 119 Å². The van der Waals surface area contributed by atoms with E-state index in [1.54, 1.807) is 59.5 Å². The second-order valence-corrected chi connectivity index (χ2v) is 16.9. The minimum absolute atomic E-state index is 0.00211.